The molecule has 0 saturated heterocycles. The van der Waals surface area contributed by atoms with E-state index in [4.69, 9.17) is 9.47 Å². The summed E-state index contributed by atoms with van der Waals surface area (Å²) in [5.41, 5.74) is 1.73. The van der Waals surface area contributed by atoms with E-state index < -0.39 is 12.0 Å². The van der Waals surface area contributed by atoms with E-state index in [0.717, 1.165) is 17.7 Å². The van der Waals surface area contributed by atoms with Crippen LogP contribution in [0.5, 0.6) is 5.75 Å². The van der Waals surface area contributed by atoms with Gasteiger partial charge in [0.2, 0.25) is 0 Å². The highest BCUT2D eigenvalue weighted by Crippen LogP contribution is 2.29. The first-order valence-corrected chi connectivity index (χ1v) is 8.60. The van der Waals surface area contributed by atoms with Gasteiger partial charge in [0.25, 0.3) is 0 Å². The lowest BCUT2D eigenvalue weighted by atomic mass is 9.95. The zero-order chi connectivity index (χ0) is 18.4. The number of hydrogen-bond donors (Lipinski definition) is 2. The van der Waals surface area contributed by atoms with E-state index in [0.29, 0.717) is 30.4 Å². The Balaban J connectivity index is 2.22. The molecule has 0 fully saturated rings. The van der Waals surface area contributed by atoms with Gasteiger partial charge in [-0.25, -0.2) is 9.59 Å². The van der Waals surface area contributed by atoms with Crippen molar-refractivity contribution < 1.29 is 19.1 Å². The molecule has 0 aromatic heterocycles. The van der Waals surface area contributed by atoms with E-state index in [1.807, 2.05) is 31.2 Å². The first kappa shape index (κ1) is 18.8. The van der Waals surface area contributed by atoms with Gasteiger partial charge in [-0.1, -0.05) is 26.0 Å². The minimum Gasteiger partial charge on any atom is -0.494 e. The molecule has 2 amide bonds. The molecule has 2 N–H and O–H groups in total. The van der Waals surface area contributed by atoms with E-state index in [9.17, 15) is 9.59 Å². The maximum absolute atomic E-state index is 12.6. The maximum Gasteiger partial charge on any atom is 0.338 e. The molecule has 1 aliphatic heterocycles. The summed E-state index contributed by atoms with van der Waals surface area (Å²) >= 11 is 0. The second-order valence-electron chi connectivity index (χ2n) is 6.39. The summed E-state index contributed by atoms with van der Waals surface area (Å²) in [6.45, 7) is 8.71. The summed E-state index contributed by atoms with van der Waals surface area (Å²) in [5, 5.41) is 5.44. The van der Waals surface area contributed by atoms with Crippen LogP contribution in [0.2, 0.25) is 0 Å². The highest BCUT2D eigenvalue weighted by Gasteiger charge is 2.32. The number of hydrogen-bond acceptors (Lipinski definition) is 4. The Morgan fingerprint density at radius 3 is 2.52 bits per heavy atom. The standard InChI is InChI=1S/C19H26N2O4/c1-5-24-15-8-6-14(7-9-15)17-16(13(4)20-19(23)21-17)18(22)25-11-10-12(2)3/h6-9,12,17H,5,10-11H2,1-4H3,(H2,20,21,23)/t17-/m0/s1. The van der Waals surface area contributed by atoms with Gasteiger partial charge in [-0.15, -0.1) is 0 Å². The maximum atomic E-state index is 12.6. The number of urea groups is 1. The van der Waals surface area contributed by atoms with Crippen molar-refractivity contribution in [2.45, 2.75) is 40.2 Å². The first-order valence-electron chi connectivity index (χ1n) is 8.60. The fraction of sp³-hybridized carbons (Fsp3) is 0.474. The lowest BCUT2D eigenvalue weighted by molar-refractivity contribution is -0.139. The van der Waals surface area contributed by atoms with Crippen LogP contribution in [0.3, 0.4) is 0 Å². The highest BCUT2D eigenvalue weighted by atomic mass is 16.5. The molecule has 1 aliphatic rings. The largest absolute Gasteiger partial charge is 0.494 e. The van der Waals surface area contributed by atoms with Crippen molar-refractivity contribution in [2.75, 3.05) is 13.2 Å². The number of benzene rings is 1. The SMILES string of the molecule is CCOc1ccc([C@@H]2NC(=O)NC(C)=C2C(=O)OCCC(C)C)cc1. The number of carbonyl (C=O) groups excluding carboxylic acids is 2. The fourth-order valence-electron chi connectivity index (χ4n) is 2.60. The smallest absolute Gasteiger partial charge is 0.338 e. The Morgan fingerprint density at radius 2 is 1.92 bits per heavy atom. The Morgan fingerprint density at radius 1 is 1.24 bits per heavy atom. The molecule has 0 unspecified atom stereocenters. The molecule has 1 aromatic carbocycles. The van der Waals surface area contributed by atoms with Crippen LogP contribution in [-0.2, 0) is 9.53 Å². The molecule has 136 valence electrons. The summed E-state index contributed by atoms with van der Waals surface area (Å²) < 4.78 is 10.8. The molecule has 25 heavy (non-hydrogen) atoms. The van der Waals surface area contributed by atoms with E-state index in [1.54, 1.807) is 6.92 Å². The number of esters is 1. The molecule has 0 spiro atoms. The van der Waals surface area contributed by atoms with Crippen LogP contribution < -0.4 is 15.4 Å². The van der Waals surface area contributed by atoms with Gasteiger partial charge in [-0.3, -0.25) is 0 Å². The fourth-order valence-corrected chi connectivity index (χ4v) is 2.60. The number of nitrogens with one attached hydrogen (secondary N) is 2. The van der Waals surface area contributed by atoms with Gasteiger partial charge in [0.1, 0.15) is 5.75 Å². The van der Waals surface area contributed by atoms with Crippen molar-refractivity contribution >= 4 is 12.0 Å². The van der Waals surface area contributed by atoms with Crippen LogP contribution in [0.15, 0.2) is 35.5 Å². The van der Waals surface area contributed by atoms with Crippen LogP contribution in [0, 0.1) is 5.92 Å². The van der Waals surface area contributed by atoms with Crippen LogP contribution in [0.4, 0.5) is 4.79 Å². The summed E-state index contributed by atoms with van der Waals surface area (Å²) in [7, 11) is 0. The second-order valence-corrected chi connectivity index (χ2v) is 6.39. The third kappa shape index (κ3) is 4.98. The van der Waals surface area contributed by atoms with Crippen LogP contribution in [0.1, 0.15) is 45.7 Å². The first-order chi connectivity index (χ1) is 11.9. The Bertz CT molecular complexity index is 650. The molecule has 6 nitrogen and oxygen atoms in total. The van der Waals surface area contributed by atoms with Gasteiger partial charge >= 0.3 is 12.0 Å². The van der Waals surface area contributed by atoms with Gasteiger partial charge in [-0.05, 0) is 43.9 Å². The number of carbonyl (C=O) groups is 2. The lowest BCUT2D eigenvalue weighted by Gasteiger charge is -2.28. The van der Waals surface area contributed by atoms with Crippen molar-refractivity contribution in [3.05, 3.63) is 41.1 Å². The monoisotopic (exact) mass is 346 g/mol. The van der Waals surface area contributed by atoms with Gasteiger partial charge in [0, 0.05) is 5.70 Å². The molecule has 0 saturated carbocycles. The quantitative estimate of drug-likeness (QED) is 0.743. The number of ether oxygens (including phenoxy) is 2. The summed E-state index contributed by atoms with van der Waals surface area (Å²) in [6, 6.07) is 6.45. The zero-order valence-electron chi connectivity index (χ0n) is 15.2. The molecule has 0 bridgehead atoms. The Hall–Kier alpha value is -2.50. The molecule has 6 heteroatoms. The highest BCUT2D eigenvalue weighted by molar-refractivity contribution is 5.95. The van der Waals surface area contributed by atoms with Crippen LogP contribution in [0.25, 0.3) is 0 Å². The summed E-state index contributed by atoms with van der Waals surface area (Å²) in [5.74, 6) is 0.784. The van der Waals surface area contributed by atoms with Crippen molar-refractivity contribution in [2.24, 2.45) is 5.92 Å². The summed E-state index contributed by atoms with van der Waals surface area (Å²) in [4.78, 5) is 24.4. The van der Waals surface area contributed by atoms with Crippen LogP contribution in [-0.4, -0.2) is 25.2 Å². The second kappa shape index (κ2) is 8.55. The van der Waals surface area contributed by atoms with Crippen molar-refractivity contribution in [1.82, 2.24) is 10.6 Å². The van der Waals surface area contributed by atoms with Crippen LogP contribution >= 0.6 is 0 Å². The third-order valence-corrected chi connectivity index (χ3v) is 3.94. The average molecular weight is 346 g/mol. The number of rotatable bonds is 7. The van der Waals surface area contributed by atoms with Gasteiger partial charge < -0.3 is 20.1 Å². The molecule has 1 atom stereocenters. The predicted molar refractivity (Wildman–Crippen MR) is 95.1 cm³/mol. The topological polar surface area (TPSA) is 76.7 Å². The van der Waals surface area contributed by atoms with E-state index >= 15 is 0 Å². The van der Waals surface area contributed by atoms with E-state index in [-0.39, 0.29) is 6.03 Å². The normalized spacial score (nSPS) is 17.2. The Labute approximate surface area is 148 Å². The van der Waals surface area contributed by atoms with Gasteiger partial charge in [0.15, 0.2) is 0 Å². The number of amides is 2. The predicted octanol–water partition coefficient (Wildman–Crippen LogP) is 3.30. The van der Waals surface area contributed by atoms with E-state index in [1.165, 1.54) is 0 Å². The Kier molecular flexibility index (Phi) is 6.44. The zero-order valence-corrected chi connectivity index (χ0v) is 15.2. The lowest BCUT2D eigenvalue weighted by Crippen LogP contribution is -2.45. The minimum absolute atomic E-state index is 0.338. The van der Waals surface area contributed by atoms with Crippen molar-refractivity contribution in [1.29, 1.82) is 0 Å². The molecular formula is C19H26N2O4. The molecule has 2 rings (SSSR count). The molecule has 1 heterocycles. The van der Waals surface area contributed by atoms with Crippen molar-refractivity contribution in [3.8, 4) is 5.75 Å². The average Bonchev–Trinajstić information content (AvgIpc) is 2.54. The molecule has 0 aliphatic carbocycles. The van der Waals surface area contributed by atoms with Gasteiger partial charge in [0.05, 0.1) is 24.8 Å². The van der Waals surface area contributed by atoms with Gasteiger partial charge in [-0.2, -0.15) is 0 Å². The molecule has 1 aromatic rings. The third-order valence-electron chi connectivity index (χ3n) is 3.94. The minimum atomic E-state index is -0.545. The van der Waals surface area contributed by atoms with E-state index in [2.05, 4.69) is 24.5 Å². The molecule has 0 radical (unpaired) electrons. The molecular weight excluding hydrogens is 320 g/mol. The number of allylic oxidation sites excluding steroid dienone is 1. The summed E-state index contributed by atoms with van der Waals surface area (Å²) in [6.07, 6.45) is 0.797. The van der Waals surface area contributed by atoms with Crippen molar-refractivity contribution in [3.63, 3.8) is 0 Å².